The van der Waals surface area contributed by atoms with Gasteiger partial charge < -0.3 is 9.88 Å². The highest BCUT2D eigenvalue weighted by Crippen LogP contribution is 2.02. The van der Waals surface area contributed by atoms with Crippen LogP contribution in [0.25, 0.3) is 0 Å². The molecule has 0 aliphatic heterocycles. The molecule has 2 aromatic heterocycles. The van der Waals surface area contributed by atoms with Crippen molar-refractivity contribution in [2.75, 3.05) is 0 Å². The molecule has 2 aromatic rings. The van der Waals surface area contributed by atoms with Crippen LogP contribution in [0.1, 0.15) is 30.4 Å². The van der Waals surface area contributed by atoms with Gasteiger partial charge in [-0.05, 0) is 31.0 Å². The molecule has 0 aromatic carbocycles. The van der Waals surface area contributed by atoms with E-state index in [1.54, 1.807) is 6.20 Å². The van der Waals surface area contributed by atoms with Crippen molar-refractivity contribution in [2.45, 2.75) is 39.9 Å². The molecule has 0 amide bonds. The highest BCUT2D eigenvalue weighted by atomic mass is 15.0. The number of nitrogens with one attached hydrogen (secondary N) is 1. The fraction of sp³-hybridized carbons (Fsp3) is 0.429. The van der Waals surface area contributed by atoms with Crippen LogP contribution in [0, 0.1) is 6.92 Å². The lowest BCUT2D eigenvalue weighted by atomic mass is 10.3. The third-order valence-electron chi connectivity index (χ3n) is 2.76. The van der Waals surface area contributed by atoms with Crippen LogP contribution >= 0.6 is 0 Å². The van der Waals surface area contributed by atoms with Gasteiger partial charge in [0, 0.05) is 38.2 Å². The van der Waals surface area contributed by atoms with E-state index in [1.165, 1.54) is 12.0 Å². The molecular weight excluding hydrogens is 224 g/mol. The Bertz CT molecular complexity index is 490. The molecule has 0 unspecified atom stereocenters. The van der Waals surface area contributed by atoms with Crippen LogP contribution in [-0.2, 0) is 19.6 Å². The highest BCUT2D eigenvalue weighted by Gasteiger charge is 1.98. The van der Waals surface area contributed by atoms with Gasteiger partial charge in [-0.15, -0.1) is 0 Å². The van der Waals surface area contributed by atoms with Crippen LogP contribution in [0.5, 0.6) is 0 Å². The van der Waals surface area contributed by atoms with Crippen molar-refractivity contribution in [2.24, 2.45) is 0 Å². The van der Waals surface area contributed by atoms with Crippen LogP contribution in [0.3, 0.4) is 0 Å². The van der Waals surface area contributed by atoms with Gasteiger partial charge >= 0.3 is 0 Å². The summed E-state index contributed by atoms with van der Waals surface area (Å²) in [7, 11) is 0. The van der Waals surface area contributed by atoms with Crippen LogP contribution in [0.2, 0.25) is 0 Å². The number of rotatable bonds is 6. The first-order valence-corrected chi connectivity index (χ1v) is 6.42. The number of hydrogen-bond acceptors (Lipinski definition) is 3. The van der Waals surface area contributed by atoms with Crippen molar-refractivity contribution in [1.29, 1.82) is 0 Å². The van der Waals surface area contributed by atoms with Crippen LogP contribution < -0.4 is 5.32 Å². The SMILES string of the molecule is CCCn1ccc(CNCc2ccnc(C)n2)c1. The summed E-state index contributed by atoms with van der Waals surface area (Å²) in [6, 6.07) is 4.11. The van der Waals surface area contributed by atoms with Gasteiger partial charge in [0.2, 0.25) is 0 Å². The lowest BCUT2D eigenvalue weighted by Gasteiger charge is -2.03. The first kappa shape index (κ1) is 12.8. The minimum Gasteiger partial charge on any atom is -0.354 e. The minimum absolute atomic E-state index is 0.780. The fourth-order valence-electron chi connectivity index (χ4n) is 1.93. The van der Waals surface area contributed by atoms with Crippen molar-refractivity contribution in [3.63, 3.8) is 0 Å². The molecule has 0 aliphatic carbocycles. The summed E-state index contributed by atoms with van der Waals surface area (Å²) in [5, 5.41) is 3.40. The molecule has 0 saturated carbocycles. The van der Waals surface area contributed by atoms with E-state index < -0.39 is 0 Å². The average Bonchev–Trinajstić information content (AvgIpc) is 2.78. The van der Waals surface area contributed by atoms with Crippen molar-refractivity contribution < 1.29 is 0 Å². The fourth-order valence-corrected chi connectivity index (χ4v) is 1.93. The summed E-state index contributed by atoms with van der Waals surface area (Å²) in [6.45, 7) is 6.84. The molecule has 0 radical (unpaired) electrons. The van der Waals surface area contributed by atoms with Crippen molar-refractivity contribution in [3.05, 3.63) is 47.8 Å². The van der Waals surface area contributed by atoms with Crippen molar-refractivity contribution in [3.8, 4) is 0 Å². The van der Waals surface area contributed by atoms with Gasteiger partial charge in [0.05, 0.1) is 5.69 Å². The normalized spacial score (nSPS) is 10.8. The topological polar surface area (TPSA) is 42.7 Å². The Morgan fingerprint density at radius 3 is 2.94 bits per heavy atom. The molecule has 96 valence electrons. The Morgan fingerprint density at radius 2 is 2.17 bits per heavy atom. The van der Waals surface area contributed by atoms with E-state index in [1.807, 2.05) is 13.0 Å². The Hall–Kier alpha value is -1.68. The Morgan fingerprint density at radius 1 is 1.28 bits per heavy atom. The zero-order chi connectivity index (χ0) is 12.8. The number of hydrogen-bond donors (Lipinski definition) is 1. The number of aryl methyl sites for hydroxylation is 2. The van der Waals surface area contributed by atoms with E-state index in [0.717, 1.165) is 31.2 Å². The second kappa shape index (κ2) is 6.31. The number of aromatic nitrogens is 3. The zero-order valence-corrected chi connectivity index (χ0v) is 11.1. The van der Waals surface area contributed by atoms with E-state index in [2.05, 4.69) is 45.2 Å². The first-order chi connectivity index (χ1) is 8.78. The van der Waals surface area contributed by atoms with E-state index in [-0.39, 0.29) is 0 Å². The predicted octanol–water partition coefficient (Wildman–Crippen LogP) is 2.29. The average molecular weight is 244 g/mol. The van der Waals surface area contributed by atoms with Crippen molar-refractivity contribution >= 4 is 0 Å². The molecule has 0 saturated heterocycles. The van der Waals surface area contributed by atoms with Gasteiger partial charge in [-0.3, -0.25) is 0 Å². The largest absolute Gasteiger partial charge is 0.354 e. The molecule has 2 heterocycles. The molecular formula is C14H20N4. The standard InChI is InChI=1S/C14H20N4/c1-3-7-18-8-5-13(11-18)9-15-10-14-4-6-16-12(2)17-14/h4-6,8,11,15H,3,7,9-10H2,1-2H3. The quantitative estimate of drug-likeness (QED) is 0.847. The molecule has 1 N–H and O–H groups in total. The van der Waals surface area contributed by atoms with E-state index in [9.17, 15) is 0 Å². The van der Waals surface area contributed by atoms with E-state index in [4.69, 9.17) is 0 Å². The Balaban J connectivity index is 1.81. The summed E-state index contributed by atoms with van der Waals surface area (Å²) >= 11 is 0. The van der Waals surface area contributed by atoms with Crippen molar-refractivity contribution in [1.82, 2.24) is 19.9 Å². The molecule has 0 spiro atoms. The zero-order valence-electron chi connectivity index (χ0n) is 11.1. The molecule has 0 bridgehead atoms. The van der Waals surface area contributed by atoms with Gasteiger partial charge in [0.1, 0.15) is 5.82 Å². The lowest BCUT2D eigenvalue weighted by molar-refractivity contribution is 0.660. The second-order valence-corrected chi connectivity index (χ2v) is 4.46. The molecule has 0 atom stereocenters. The monoisotopic (exact) mass is 244 g/mol. The molecule has 18 heavy (non-hydrogen) atoms. The highest BCUT2D eigenvalue weighted by molar-refractivity contribution is 5.10. The van der Waals surface area contributed by atoms with Crippen LogP contribution in [0.4, 0.5) is 0 Å². The van der Waals surface area contributed by atoms with Gasteiger partial charge in [-0.25, -0.2) is 9.97 Å². The summed E-state index contributed by atoms with van der Waals surface area (Å²) in [6.07, 6.45) is 7.30. The van der Waals surface area contributed by atoms with Gasteiger partial charge in [-0.2, -0.15) is 0 Å². The predicted molar refractivity (Wildman–Crippen MR) is 72.0 cm³/mol. The molecule has 2 rings (SSSR count). The van der Waals surface area contributed by atoms with Gasteiger partial charge in [-0.1, -0.05) is 6.92 Å². The first-order valence-electron chi connectivity index (χ1n) is 6.42. The summed E-state index contributed by atoms with van der Waals surface area (Å²) < 4.78 is 2.23. The minimum atomic E-state index is 0.780. The maximum atomic E-state index is 4.36. The second-order valence-electron chi connectivity index (χ2n) is 4.46. The summed E-state index contributed by atoms with van der Waals surface area (Å²) in [4.78, 5) is 8.45. The summed E-state index contributed by atoms with van der Waals surface area (Å²) in [5.41, 5.74) is 2.35. The third-order valence-corrected chi connectivity index (χ3v) is 2.76. The molecule has 0 aliphatic rings. The smallest absolute Gasteiger partial charge is 0.125 e. The van der Waals surface area contributed by atoms with Crippen LogP contribution in [0.15, 0.2) is 30.7 Å². The maximum absolute atomic E-state index is 4.36. The lowest BCUT2D eigenvalue weighted by Crippen LogP contribution is -2.13. The van der Waals surface area contributed by atoms with Gasteiger partial charge in [0.15, 0.2) is 0 Å². The molecule has 0 fully saturated rings. The maximum Gasteiger partial charge on any atom is 0.125 e. The molecule has 4 heteroatoms. The summed E-state index contributed by atoms with van der Waals surface area (Å²) in [5.74, 6) is 0.823. The van der Waals surface area contributed by atoms with Crippen LogP contribution in [-0.4, -0.2) is 14.5 Å². The van der Waals surface area contributed by atoms with Gasteiger partial charge in [0.25, 0.3) is 0 Å². The van der Waals surface area contributed by atoms with E-state index in [0.29, 0.717) is 0 Å². The third kappa shape index (κ3) is 3.67. The number of nitrogens with zero attached hydrogens (tertiary/aromatic N) is 3. The van der Waals surface area contributed by atoms with E-state index >= 15 is 0 Å². The Labute approximate surface area is 108 Å². The molecule has 4 nitrogen and oxygen atoms in total. The Kier molecular flexibility index (Phi) is 4.47.